The Bertz CT molecular complexity index is 825. The van der Waals surface area contributed by atoms with Crippen LogP contribution in [0.25, 0.3) is 0 Å². The van der Waals surface area contributed by atoms with Crippen LogP contribution in [-0.2, 0) is 6.54 Å². The minimum atomic E-state index is -0.630. The Morgan fingerprint density at radius 2 is 1.82 bits per heavy atom. The van der Waals surface area contributed by atoms with Gasteiger partial charge in [-0.3, -0.25) is 4.79 Å². The van der Waals surface area contributed by atoms with Crippen molar-refractivity contribution in [3.63, 3.8) is 0 Å². The lowest BCUT2D eigenvalue weighted by atomic mass is 10.1. The zero-order chi connectivity index (χ0) is 20.5. The van der Waals surface area contributed by atoms with Gasteiger partial charge < -0.3 is 25.8 Å². The Kier molecular flexibility index (Phi) is 7.95. The molecule has 150 valence electrons. The molecular weight excluding hydrogens is 382 g/mol. The molecule has 0 saturated carbocycles. The molecule has 0 bridgehead atoms. The summed E-state index contributed by atoms with van der Waals surface area (Å²) in [5, 5.41) is 5.63. The van der Waals surface area contributed by atoms with Crippen molar-refractivity contribution < 1.29 is 19.1 Å². The molecule has 0 heterocycles. The van der Waals surface area contributed by atoms with Crippen molar-refractivity contribution in [2.75, 3.05) is 18.5 Å². The van der Waals surface area contributed by atoms with Crippen LogP contribution in [0.3, 0.4) is 0 Å². The average molecular weight is 406 g/mol. The number of primary amides is 1. The fourth-order valence-electron chi connectivity index (χ4n) is 2.44. The maximum Gasteiger partial charge on any atom is 0.316 e. The number of carbonyl (C=O) groups is 2. The van der Waals surface area contributed by atoms with Gasteiger partial charge in [0, 0.05) is 17.8 Å². The Hall–Kier alpha value is -2.93. The van der Waals surface area contributed by atoms with Crippen molar-refractivity contribution >= 4 is 29.2 Å². The molecule has 0 aliphatic heterocycles. The van der Waals surface area contributed by atoms with E-state index in [1.165, 1.54) is 0 Å². The normalized spacial score (nSPS) is 10.2. The van der Waals surface area contributed by atoms with Gasteiger partial charge >= 0.3 is 6.03 Å². The van der Waals surface area contributed by atoms with E-state index in [1.807, 2.05) is 13.8 Å². The van der Waals surface area contributed by atoms with Gasteiger partial charge in [0.1, 0.15) is 0 Å². The SMILES string of the molecule is CCCOc1c(Cl)cc(C(=O)NCc2ccc(NC(N)=O)cc2)cc1OCC. The quantitative estimate of drug-likeness (QED) is 0.587. The average Bonchev–Trinajstić information content (AvgIpc) is 2.66. The number of halogens is 1. The predicted molar refractivity (Wildman–Crippen MR) is 109 cm³/mol. The Morgan fingerprint density at radius 1 is 1.11 bits per heavy atom. The molecular formula is C20H24ClN3O4. The summed E-state index contributed by atoms with van der Waals surface area (Å²) in [6.07, 6.45) is 0.831. The number of amides is 3. The molecule has 8 heteroatoms. The standard InChI is InChI=1S/C20H24ClN3O4/c1-3-9-28-18-16(21)10-14(11-17(18)27-4-2)19(25)23-12-13-5-7-15(8-6-13)24-20(22)26/h5-8,10-11H,3-4,9,12H2,1-2H3,(H,23,25)(H3,22,24,26). The van der Waals surface area contributed by atoms with Gasteiger partial charge in [0.25, 0.3) is 5.91 Å². The van der Waals surface area contributed by atoms with E-state index in [4.69, 9.17) is 26.8 Å². The molecule has 2 aromatic rings. The predicted octanol–water partition coefficient (Wildman–Crippen LogP) is 3.95. The van der Waals surface area contributed by atoms with E-state index in [1.54, 1.807) is 36.4 Å². The molecule has 0 aliphatic rings. The van der Waals surface area contributed by atoms with Crippen molar-refractivity contribution in [3.8, 4) is 11.5 Å². The van der Waals surface area contributed by atoms with Crippen molar-refractivity contribution in [2.45, 2.75) is 26.8 Å². The summed E-state index contributed by atoms with van der Waals surface area (Å²) in [5.41, 5.74) is 6.90. The lowest BCUT2D eigenvalue weighted by Gasteiger charge is -2.15. The molecule has 0 unspecified atom stereocenters. The highest BCUT2D eigenvalue weighted by Crippen LogP contribution is 2.36. The molecule has 0 fully saturated rings. The summed E-state index contributed by atoms with van der Waals surface area (Å²) in [4.78, 5) is 23.4. The number of urea groups is 1. The zero-order valence-corrected chi connectivity index (χ0v) is 16.6. The number of ether oxygens (including phenoxy) is 2. The zero-order valence-electron chi connectivity index (χ0n) is 15.9. The molecule has 0 aliphatic carbocycles. The van der Waals surface area contributed by atoms with Gasteiger partial charge in [-0.1, -0.05) is 30.7 Å². The van der Waals surface area contributed by atoms with Gasteiger partial charge in [0.15, 0.2) is 11.5 Å². The number of rotatable bonds is 9. The molecule has 2 rings (SSSR count). The molecule has 0 radical (unpaired) electrons. The van der Waals surface area contributed by atoms with Gasteiger partial charge in [0.2, 0.25) is 0 Å². The van der Waals surface area contributed by atoms with Crippen molar-refractivity contribution in [3.05, 3.63) is 52.5 Å². The van der Waals surface area contributed by atoms with Crippen molar-refractivity contribution in [1.29, 1.82) is 0 Å². The first-order valence-electron chi connectivity index (χ1n) is 8.97. The van der Waals surface area contributed by atoms with Gasteiger partial charge in [-0.25, -0.2) is 4.79 Å². The second-order valence-corrected chi connectivity index (χ2v) is 6.34. The van der Waals surface area contributed by atoms with Crippen LogP contribution < -0.4 is 25.8 Å². The molecule has 0 aromatic heterocycles. The van der Waals surface area contributed by atoms with Crippen LogP contribution in [0.2, 0.25) is 5.02 Å². The van der Waals surface area contributed by atoms with Gasteiger partial charge in [-0.2, -0.15) is 0 Å². The number of carbonyl (C=O) groups excluding carboxylic acids is 2. The van der Waals surface area contributed by atoms with Crippen LogP contribution in [0.15, 0.2) is 36.4 Å². The Labute approximate surface area is 169 Å². The number of nitrogens with one attached hydrogen (secondary N) is 2. The molecule has 7 nitrogen and oxygen atoms in total. The fourth-order valence-corrected chi connectivity index (χ4v) is 2.70. The summed E-state index contributed by atoms with van der Waals surface area (Å²) < 4.78 is 11.2. The second-order valence-electron chi connectivity index (χ2n) is 5.94. The molecule has 0 saturated heterocycles. The van der Waals surface area contributed by atoms with Crippen molar-refractivity contribution in [2.24, 2.45) is 5.73 Å². The third-order valence-electron chi connectivity index (χ3n) is 3.70. The summed E-state index contributed by atoms with van der Waals surface area (Å²) in [7, 11) is 0. The number of benzene rings is 2. The Balaban J connectivity index is 2.07. The molecule has 3 amide bonds. The van der Waals surface area contributed by atoms with Crippen molar-refractivity contribution in [1.82, 2.24) is 5.32 Å². The molecule has 28 heavy (non-hydrogen) atoms. The van der Waals surface area contributed by atoms with Crippen LogP contribution in [-0.4, -0.2) is 25.2 Å². The van der Waals surface area contributed by atoms with Gasteiger partial charge in [-0.05, 0) is 43.2 Å². The molecule has 4 N–H and O–H groups in total. The number of hydrogen-bond acceptors (Lipinski definition) is 4. The smallest absolute Gasteiger partial charge is 0.316 e. The van der Waals surface area contributed by atoms with Crippen LogP contribution in [0, 0.1) is 0 Å². The van der Waals surface area contributed by atoms with Gasteiger partial charge in [0.05, 0.1) is 18.2 Å². The van der Waals surface area contributed by atoms with Crippen LogP contribution in [0.1, 0.15) is 36.2 Å². The topological polar surface area (TPSA) is 103 Å². The summed E-state index contributed by atoms with van der Waals surface area (Å²) in [6, 6.07) is 9.53. The largest absolute Gasteiger partial charge is 0.490 e. The van der Waals surface area contributed by atoms with E-state index < -0.39 is 6.03 Å². The first kappa shape index (κ1) is 21.4. The highest BCUT2D eigenvalue weighted by Gasteiger charge is 2.16. The molecule has 0 atom stereocenters. The Morgan fingerprint density at radius 3 is 2.43 bits per heavy atom. The number of anilines is 1. The lowest BCUT2D eigenvalue weighted by Crippen LogP contribution is -2.23. The minimum absolute atomic E-state index is 0.288. The summed E-state index contributed by atoms with van der Waals surface area (Å²) in [5.74, 6) is 0.596. The van der Waals surface area contributed by atoms with Crippen LogP contribution >= 0.6 is 11.6 Å². The maximum atomic E-state index is 12.5. The lowest BCUT2D eigenvalue weighted by molar-refractivity contribution is 0.0950. The van der Waals surface area contributed by atoms with Crippen LogP contribution in [0.5, 0.6) is 11.5 Å². The van der Waals surface area contributed by atoms with Gasteiger partial charge in [-0.15, -0.1) is 0 Å². The first-order chi connectivity index (χ1) is 13.4. The van der Waals surface area contributed by atoms with E-state index in [0.717, 1.165) is 12.0 Å². The van der Waals surface area contributed by atoms with E-state index in [2.05, 4.69) is 10.6 Å². The third-order valence-corrected chi connectivity index (χ3v) is 3.98. The second kappa shape index (κ2) is 10.4. The first-order valence-corrected chi connectivity index (χ1v) is 9.35. The van der Waals surface area contributed by atoms with E-state index in [9.17, 15) is 9.59 Å². The highest BCUT2D eigenvalue weighted by molar-refractivity contribution is 6.32. The molecule has 2 aromatic carbocycles. The fraction of sp³-hybridized carbons (Fsp3) is 0.300. The van der Waals surface area contributed by atoms with E-state index in [-0.39, 0.29) is 5.91 Å². The van der Waals surface area contributed by atoms with E-state index in [0.29, 0.717) is 47.5 Å². The minimum Gasteiger partial charge on any atom is -0.490 e. The number of hydrogen-bond donors (Lipinski definition) is 3. The monoisotopic (exact) mass is 405 g/mol. The summed E-state index contributed by atoms with van der Waals surface area (Å²) >= 11 is 6.30. The molecule has 0 spiro atoms. The highest BCUT2D eigenvalue weighted by atomic mass is 35.5. The third kappa shape index (κ3) is 6.06. The maximum absolute atomic E-state index is 12.5. The number of nitrogens with two attached hydrogens (primary N) is 1. The summed E-state index contributed by atoms with van der Waals surface area (Å²) in [6.45, 7) is 5.08. The van der Waals surface area contributed by atoms with Crippen LogP contribution in [0.4, 0.5) is 10.5 Å². The van der Waals surface area contributed by atoms with E-state index >= 15 is 0 Å².